The first-order valence-corrected chi connectivity index (χ1v) is 10.6. The summed E-state index contributed by atoms with van der Waals surface area (Å²) in [6.45, 7) is 6.90. The van der Waals surface area contributed by atoms with Gasteiger partial charge in [-0.25, -0.2) is 0 Å². The van der Waals surface area contributed by atoms with Crippen LogP contribution in [-0.2, 0) is 6.42 Å². The van der Waals surface area contributed by atoms with Gasteiger partial charge >= 0.3 is 0 Å². The van der Waals surface area contributed by atoms with E-state index < -0.39 is 0 Å². The zero-order valence-corrected chi connectivity index (χ0v) is 18.2. The first-order chi connectivity index (χ1) is 14.4. The molecule has 0 spiro atoms. The van der Waals surface area contributed by atoms with Gasteiger partial charge in [0.1, 0.15) is 28.6 Å². The third-order valence-corrected chi connectivity index (χ3v) is 5.95. The fraction of sp³-hybridized carbons (Fsp3) is 0.385. The van der Waals surface area contributed by atoms with Gasteiger partial charge in [-0.2, -0.15) is 0 Å². The van der Waals surface area contributed by atoms with Gasteiger partial charge in [-0.3, -0.25) is 0 Å². The molecule has 158 valence electrons. The van der Waals surface area contributed by atoms with Crippen molar-refractivity contribution in [1.82, 2.24) is 0 Å². The summed E-state index contributed by atoms with van der Waals surface area (Å²) >= 11 is 0. The molecule has 2 aromatic carbocycles. The molecule has 0 saturated carbocycles. The van der Waals surface area contributed by atoms with Gasteiger partial charge in [0.05, 0.1) is 19.3 Å². The Hall–Kier alpha value is -2.88. The number of hydrogen-bond donors (Lipinski definition) is 1. The number of aromatic hydroxyl groups is 1. The van der Waals surface area contributed by atoms with Gasteiger partial charge in [0.2, 0.25) is 0 Å². The summed E-state index contributed by atoms with van der Waals surface area (Å²) in [7, 11) is 1.60. The van der Waals surface area contributed by atoms with Crippen molar-refractivity contribution >= 4 is 6.08 Å². The second kappa shape index (κ2) is 8.10. The van der Waals surface area contributed by atoms with E-state index in [0.29, 0.717) is 12.4 Å². The largest absolute Gasteiger partial charge is 0.508 e. The fourth-order valence-electron chi connectivity index (χ4n) is 4.23. The van der Waals surface area contributed by atoms with Crippen LogP contribution < -0.4 is 14.2 Å². The molecule has 4 rings (SSSR count). The Balaban J connectivity index is 1.54. The molecule has 0 radical (unpaired) electrons. The molecule has 0 saturated heterocycles. The maximum absolute atomic E-state index is 10.4. The molecule has 0 aliphatic carbocycles. The van der Waals surface area contributed by atoms with Gasteiger partial charge in [0, 0.05) is 17.5 Å². The summed E-state index contributed by atoms with van der Waals surface area (Å²) in [5.41, 5.74) is 4.07. The molecule has 4 heteroatoms. The van der Waals surface area contributed by atoms with Crippen molar-refractivity contribution in [2.75, 3.05) is 13.7 Å². The molecule has 2 atom stereocenters. The predicted molar refractivity (Wildman–Crippen MR) is 120 cm³/mol. The number of ether oxygens (including phenoxy) is 3. The quantitative estimate of drug-likeness (QED) is 0.616. The highest BCUT2D eigenvalue weighted by atomic mass is 16.5. The molecule has 2 aromatic rings. The summed E-state index contributed by atoms with van der Waals surface area (Å²) < 4.78 is 17.8. The number of fused-ring (bicyclic) bond motifs is 3. The molecular formula is C26H30O4. The third kappa shape index (κ3) is 4.04. The van der Waals surface area contributed by atoms with E-state index in [1.165, 1.54) is 5.57 Å². The van der Waals surface area contributed by atoms with E-state index in [1.807, 2.05) is 12.1 Å². The topological polar surface area (TPSA) is 47.9 Å². The minimum Gasteiger partial charge on any atom is -0.508 e. The number of methoxy groups -OCH3 is 1. The van der Waals surface area contributed by atoms with E-state index in [-0.39, 0.29) is 17.3 Å². The third-order valence-electron chi connectivity index (χ3n) is 5.95. The van der Waals surface area contributed by atoms with Gasteiger partial charge in [0.15, 0.2) is 0 Å². The molecule has 1 N–H and O–H groups in total. The number of phenols is 1. The summed E-state index contributed by atoms with van der Waals surface area (Å²) in [4.78, 5) is 0. The number of phenolic OH excluding ortho intramolecular Hbond substituents is 1. The van der Waals surface area contributed by atoms with Crippen LogP contribution in [0.15, 0.2) is 48.1 Å². The number of rotatable bonds is 5. The Labute approximate surface area is 178 Å². The van der Waals surface area contributed by atoms with Crippen molar-refractivity contribution in [3.63, 3.8) is 0 Å². The second-order valence-electron chi connectivity index (χ2n) is 8.67. The zero-order valence-electron chi connectivity index (χ0n) is 18.2. The average Bonchev–Trinajstić information content (AvgIpc) is 2.72. The normalized spacial score (nSPS) is 21.7. The van der Waals surface area contributed by atoms with Gasteiger partial charge in [-0.05, 0) is 69.9 Å². The van der Waals surface area contributed by atoms with Crippen LogP contribution in [0.4, 0.5) is 0 Å². The maximum atomic E-state index is 10.4. The van der Waals surface area contributed by atoms with Crippen molar-refractivity contribution in [1.29, 1.82) is 0 Å². The van der Waals surface area contributed by atoms with Crippen molar-refractivity contribution in [3.8, 4) is 23.0 Å². The molecule has 4 nitrogen and oxygen atoms in total. The smallest absolute Gasteiger partial charge is 0.133 e. The minimum absolute atomic E-state index is 0.101. The second-order valence-corrected chi connectivity index (χ2v) is 8.67. The summed E-state index contributed by atoms with van der Waals surface area (Å²) in [5, 5.41) is 10.4. The lowest BCUT2D eigenvalue weighted by Gasteiger charge is -2.34. The fourth-order valence-corrected chi connectivity index (χ4v) is 4.23. The van der Waals surface area contributed by atoms with Crippen LogP contribution in [0, 0.1) is 0 Å². The first-order valence-electron chi connectivity index (χ1n) is 10.6. The molecule has 2 aliphatic rings. The number of allylic oxidation sites excluding steroid dienone is 2. The summed E-state index contributed by atoms with van der Waals surface area (Å²) in [6, 6.07) is 9.61. The Bertz CT molecular complexity index is 1000. The Morgan fingerprint density at radius 2 is 2.10 bits per heavy atom. The van der Waals surface area contributed by atoms with Crippen molar-refractivity contribution in [2.24, 2.45) is 0 Å². The van der Waals surface area contributed by atoms with E-state index in [9.17, 15) is 5.11 Å². The van der Waals surface area contributed by atoms with E-state index in [0.717, 1.165) is 47.5 Å². The molecule has 2 unspecified atom stereocenters. The van der Waals surface area contributed by atoms with Crippen molar-refractivity contribution in [3.05, 3.63) is 64.7 Å². The molecule has 30 heavy (non-hydrogen) atoms. The standard InChI is InChI=1S/C26H30O4/c1-17(2)6-5-12-26(3)13-11-22-24(30-26)10-7-18-14-19(16-29-25(18)22)21-9-8-20(28-4)15-23(21)27/h6-11,13,15,19,27H,5,12,14,16H2,1-4H3. The lowest BCUT2D eigenvalue weighted by molar-refractivity contribution is 0.127. The van der Waals surface area contributed by atoms with E-state index >= 15 is 0 Å². The Morgan fingerprint density at radius 1 is 1.27 bits per heavy atom. The predicted octanol–water partition coefficient (Wildman–Crippen LogP) is 6.03. The van der Waals surface area contributed by atoms with Gasteiger partial charge in [0.25, 0.3) is 0 Å². The van der Waals surface area contributed by atoms with Crippen molar-refractivity contribution < 1.29 is 19.3 Å². The molecule has 2 heterocycles. The molecule has 2 aliphatic heterocycles. The Kier molecular flexibility index (Phi) is 5.50. The van der Waals surface area contributed by atoms with Crippen LogP contribution >= 0.6 is 0 Å². The Morgan fingerprint density at radius 3 is 2.83 bits per heavy atom. The van der Waals surface area contributed by atoms with E-state index in [1.54, 1.807) is 13.2 Å². The lowest BCUT2D eigenvalue weighted by atomic mass is 9.87. The van der Waals surface area contributed by atoms with Gasteiger partial charge in [-0.15, -0.1) is 0 Å². The van der Waals surface area contributed by atoms with E-state index in [4.69, 9.17) is 14.2 Å². The summed E-state index contributed by atoms with van der Waals surface area (Å²) in [5.74, 6) is 2.78. The summed E-state index contributed by atoms with van der Waals surface area (Å²) in [6.07, 6.45) is 9.29. The number of benzene rings is 2. The van der Waals surface area contributed by atoms with Crippen molar-refractivity contribution in [2.45, 2.75) is 51.6 Å². The van der Waals surface area contributed by atoms with Crippen LogP contribution in [0.1, 0.15) is 56.2 Å². The monoisotopic (exact) mass is 406 g/mol. The van der Waals surface area contributed by atoms with Crippen LogP contribution in [0.5, 0.6) is 23.0 Å². The van der Waals surface area contributed by atoms with Gasteiger partial charge < -0.3 is 19.3 Å². The first kappa shape index (κ1) is 20.4. The van der Waals surface area contributed by atoms with Gasteiger partial charge in [-0.1, -0.05) is 23.8 Å². The van der Waals surface area contributed by atoms with Crippen LogP contribution in [0.25, 0.3) is 6.08 Å². The lowest BCUT2D eigenvalue weighted by Crippen LogP contribution is -2.32. The SMILES string of the molecule is COc1ccc(C2COc3c(ccc4c3C=CC(C)(CCC=C(C)C)O4)C2)c(O)c1. The molecule has 0 fully saturated rings. The molecule has 0 bridgehead atoms. The highest BCUT2D eigenvalue weighted by Crippen LogP contribution is 2.45. The number of hydrogen-bond acceptors (Lipinski definition) is 4. The van der Waals surface area contributed by atoms with E-state index in [2.05, 4.69) is 51.1 Å². The average molecular weight is 407 g/mol. The van der Waals surface area contributed by atoms with Crippen LogP contribution in [0.3, 0.4) is 0 Å². The maximum Gasteiger partial charge on any atom is 0.133 e. The molecular weight excluding hydrogens is 376 g/mol. The zero-order chi connectivity index (χ0) is 21.3. The molecule has 0 aromatic heterocycles. The van der Waals surface area contributed by atoms with Crippen LogP contribution in [-0.4, -0.2) is 24.4 Å². The van der Waals surface area contributed by atoms with Crippen LogP contribution in [0.2, 0.25) is 0 Å². The highest BCUT2D eigenvalue weighted by Gasteiger charge is 2.31. The highest BCUT2D eigenvalue weighted by molar-refractivity contribution is 5.69. The molecule has 0 amide bonds. The minimum atomic E-state index is -0.306.